The first-order valence-corrected chi connectivity index (χ1v) is 4.76. The molecule has 1 aliphatic rings. The standard InChI is InChI=1S/C10H18O2/c1-10(2,9(11)12)7-6-8-4-3-5-8/h8H,3-7H2,1-2H3,(H,11,12). The van der Waals surface area contributed by atoms with E-state index in [4.69, 9.17) is 5.11 Å². The molecule has 1 fully saturated rings. The van der Waals surface area contributed by atoms with E-state index in [0.29, 0.717) is 0 Å². The third-order valence-corrected chi connectivity index (χ3v) is 2.98. The summed E-state index contributed by atoms with van der Waals surface area (Å²) in [6.45, 7) is 3.63. The van der Waals surface area contributed by atoms with Gasteiger partial charge in [-0.25, -0.2) is 0 Å². The highest BCUT2D eigenvalue weighted by molar-refractivity contribution is 5.73. The van der Waals surface area contributed by atoms with Crippen molar-refractivity contribution in [1.29, 1.82) is 0 Å². The van der Waals surface area contributed by atoms with Crippen molar-refractivity contribution in [3.05, 3.63) is 0 Å². The normalized spacial score (nSPS) is 18.8. The highest BCUT2D eigenvalue weighted by Crippen LogP contribution is 2.34. The van der Waals surface area contributed by atoms with Crippen LogP contribution in [0, 0.1) is 11.3 Å². The number of hydrogen-bond acceptors (Lipinski definition) is 1. The fourth-order valence-corrected chi connectivity index (χ4v) is 1.45. The number of hydrogen-bond donors (Lipinski definition) is 1. The van der Waals surface area contributed by atoms with Crippen LogP contribution in [0.25, 0.3) is 0 Å². The summed E-state index contributed by atoms with van der Waals surface area (Å²) >= 11 is 0. The van der Waals surface area contributed by atoms with Gasteiger partial charge in [0, 0.05) is 0 Å². The van der Waals surface area contributed by atoms with Crippen LogP contribution in [0.15, 0.2) is 0 Å². The van der Waals surface area contributed by atoms with Gasteiger partial charge in [0.1, 0.15) is 0 Å². The average molecular weight is 170 g/mol. The van der Waals surface area contributed by atoms with Crippen molar-refractivity contribution in [2.75, 3.05) is 0 Å². The molecule has 0 unspecified atom stereocenters. The van der Waals surface area contributed by atoms with Gasteiger partial charge in [0.25, 0.3) is 0 Å². The van der Waals surface area contributed by atoms with Crippen LogP contribution < -0.4 is 0 Å². The van der Waals surface area contributed by atoms with Gasteiger partial charge < -0.3 is 5.11 Å². The Morgan fingerprint density at radius 1 is 1.50 bits per heavy atom. The second-order valence-corrected chi connectivity index (χ2v) is 4.52. The lowest BCUT2D eigenvalue weighted by Crippen LogP contribution is -2.25. The van der Waals surface area contributed by atoms with Crippen LogP contribution in [0.3, 0.4) is 0 Å². The fourth-order valence-electron chi connectivity index (χ4n) is 1.45. The lowest BCUT2D eigenvalue weighted by molar-refractivity contribution is -0.147. The molecule has 1 saturated carbocycles. The summed E-state index contributed by atoms with van der Waals surface area (Å²) in [5.74, 6) is 0.158. The average Bonchev–Trinajstić information content (AvgIpc) is 1.83. The molecule has 1 aliphatic carbocycles. The molecule has 12 heavy (non-hydrogen) atoms. The minimum Gasteiger partial charge on any atom is -0.481 e. The minimum atomic E-state index is -0.665. The molecule has 70 valence electrons. The van der Waals surface area contributed by atoms with E-state index < -0.39 is 11.4 Å². The Morgan fingerprint density at radius 2 is 2.08 bits per heavy atom. The molecule has 0 aromatic heterocycles. The topological polar surface area (TPSA) is 37.3 Å². The lowest BCUT2D eigenvalue weighted by atomic mass is 9.77. The van der Waals surface area contributed by atoms with Crippen molar-refractivity contribution >= 4 is 5.97 Å². The molecule has 0 saturated heterocycles. The molecule has 0 aromatic rings. The van der Waals surface area contributed by atoms with E-state index in [9.17, 15) is 4.79 Å². The third-order valence-electron chi connectivity index (χ3n) is 2.98. The largest absolute Gasteiger partial charge is 0.481 e. The predicted molar refractivity (Wildman–Crippen MR) is 48.0 cm³/mol. The maximum Gasteiger partial charge on any atom is 0.309 e. The van der Waals surface area contributed by atoms with E-state index in [-0.39, 0.29) is 0 Å². The molecule has 0 spiro atoms. The maximum atomic E-state index is 10.7. The van der Waals surface area contributed by atoms with Crippen LogP contribution in [0.4, 0.5) is 0 Å². The zero-order valence-electron chi connectivity index (χ0n) is 7.97. The summed E-state index contributed by atoms with van der Waals surface area (Å²) in [5, 5.41) is 8.84. The minimum absolute atomic E-state index is 0.518. The van der Waals surface area contributed by atoms with E-state index in [1.165, 1.54) is 19.3 Å². The van der Waals surface area contributed by atoms with E-state index >= 15 is 0 Å². The first kappa shape index (κ1) is 9.56. The number of carbonyl (C=O) groups is 1. The van der Waals surface area contributed by atoms with Gasteiger partial charge in [-0.05, 0) is 32.6 Å². The Labute approximate surface area is 74.0 Å². The molecular formula is C10H18O2. The third kappa shape index (κ3) is 2.23. The van der Waals surface area contributed by atoms with Crippen LogP contribution in [0.1, 0.15) is 46.0 Å². The van der Waals surface area contributed by atoms with Crippen LogP contribution in [0.5, 0.6) is 0 Å². The second kappa shape index (κ2) is 3.46. The van der Waals surface area contributed by atoms with Crippen molar-refractivity contribution in [3.8, 4) is 0 Å². The van der Waals surface area contributed by atoms with Gasteiger partial charge in [0.05, 0.1) is 5.41 Å². The van der Waals surface area contributed by atoms with Crippen molar-refractivity contribution < 1.29 is 9.90 Å². The van der Waals surface area contributed by atoms with Crippen molar-refractivity contribution in [3.63, 3.8) is 0 Å². The summed E-state index contributed by atoms with van der Waals surface area (Å²) in [6.07, 6.45) is 5.90. The molecule has 1 N–H and O–H groups in total. The number of aliphatic carboxylic acids is 1. The smallest absolute Gasteiger partial charge is 0.309 e. The van der Waals surface area contributed by atoms with Crippen LogP contribution in [0.2, 0.25) is 0 Å². The summed E-state index contributed by atoms with van der Waals surface area (Å²) in [4.78, 5) is 10.7. The van der Waals surface area contributed by atoms with Crippen molar-refractivity contribution in [2.24, 2.45) is 11.3 Å². The molecule has 0 atom stereocenters. The Balaban J connectivity index is 2.24. The van der Waals surface area contributed by atoms with Gasteiger partial charge in [-0.2, -0.15) is 0 Å². The zero-order chi connectivity index (χ0) is 9.19. The molecule has 1 rings (SSSR count). The first-order valence-electron chi connectivity index (χ1n) is 4.76. The first-order chi connectivity index (χ1) is 5.52. The number of carboxylic acid groups (broad SMARTS) is 1. The Bertz CT molecular complexity index is 169. The summed E-state index contributed by atoms with van der Waals surface area (Å²) in [6, 6.07) is 0. The molecule has 2 heteroatoms. The number of carboxylic acids is 1. The van der Waals surface area contributed by atoms with Gasteiger partial charge in [-0.3, -0.25) is 4.79 Å². The van der Waals surface area contributed by atoms with E-state index in [1.807, 2.05) is 13.8 Å². The summed E-state index contributed by atoms with van der Waals surface area (Å²) in [5.41, 5.74) is -0.518. The summed E-state index contributed by atoms with van der Waals surface area (Å²) < 4.78 is 0. The Morgan fingerprint density at radius 3 is 2.42 bits per heavy atom. The monoisotopic (exact) mass is 170 g/mol. The Hall–Kier alpha value is -0.530. The quantitative estimate of drug-likeness (QED) is 0.704. The molecule has 0 radical (unpaired) electrons. The SMILES string of the molecule is CC(C)(CCC1CCC1)C(=O)O. The molecular weight excluding hydrogens is 152 g/mol. The van der Waals surface area contributed by atoms with E-state index in [0.717, 1.165) is 18.8 Å². The second-order valence-electron chi connectivity index (χ2n) is 4.52. The van der Waals surface area contributed by atoms with Gasteiger partial charge in [-0.15, -0.1) is 0 Å². The molecule has 0 aromatic carbocycles. The Kier molecular flexibility index (Phi) is 2.76. The number of rotatable bonds is 4. The molecule has 2 nitrogen and oxygen atoms in total. The van der Waals surface area contributed by atoms with Crippen LogP contribution in [-0.4, -0.2) is 11.1 Å². The van der Waals surface area contributed by atoms with Gasteiger partial charge in [0.15, 0.2) is 0 Å². The van der Waals surface area contributed by atoms with Gasteiger partial charge >= 0.3 is 5.97 Å². The van der Waals surface area contributed by atoms with Crippen molar-refractivity contribution in [2.45, 2.75) is 46.0 Å². The van der Waals surface area contributed by atoms with E-state index in [2.05, 4.69) is 0 Å². The molecule has 0 bridgehead atoms. The van der Waals surface area contributed by atoms with Gasteiger partial charge in [-0.1, -0.05) is 19.3 Å². The summed E-state index contributed by atoms with van der Waals surface area (Å²) in [7, 11) is 0. The zero-order valence-corrected chi connectivity index (χ0v) is 7.97. The van der Waals surface area contributed by atoms with Crippen LogP contribution in [-0.2, 0) is 4.79 Å². The molecule has 0 aliphatic heterocycles. The van der Waals surface area contributed by atoms with Gasteiger partial charge in [0.2, 0.25) is 0 Å². The predicted octanol–water partition coefficient (Wildman–Crippen LogP) is 2.68. The highest BCUT2D eigenvalue weighted by atomic mass is 16.4. The van der Waals surface area contributed by atoms with E-state index in [1.54, 1.807) is 0 Å². The van der Waals surface area contributed by atoms with Crippen LogP contribution >= 0.6 is 0 Å². The maximum absolute atomic E-state index is 10.7. The molecule has 0 amide bonds. The lowest BCUT2D eigenvalue weighted by Gasteiger charge is -2.28. The fraction of sp³-hybridized carbons (Fsp3) is 0.900. The molecule has 0 heterocycles. The highest BCUT2D eigenvalue weighted by Gasteiger charge is 2.29. The van der Waals surface area contributed by atoms with Crippen molar-refractivity contribution in [1.82, 2.24) is 0 Å².